The molecule has 0 atom stereocenters. The van der Waals surface area contributed by atoms with Crippen molar-refractivity contribution in [2.24, 2.45) is 0 Å². The van der Waals surface area contributed by atoms with E-state index in [1.165, 1.54) is 0 Å². The van der Waals surface area contributed by atoms with Crippen molar-refractivity contribution in [1.82, 2.24) is 19.6 Å². The maximum absolute atomic E-state index is 4.14. The second-order valence-electron chi connectivity index (χ2n) is 2.23. The van der Waals surface area contributed by atoms with Gasteiger partial charge in [0.15, 0.2) is 0 Å². The first-order valence-corrected chi connectivity index (χ1v) is 3.59. The van der Waals surface area contributed by atoms with Crippen molar-refractivity contribution in [3.63, 3.8) is 0 Å². The molecular formula is C6H6N4S. The van der Waals surface area contributed by atoms with Gasteiger partial charge in [-0.05, 0) is 13.0 Å². The highest BCUT2D eigenvalue weighted by Gasteiger charge is 1.98. The monoisotopic (exact) mass is 166 g/mol. The minimum atomic E-state index is 0.447. The van der Waals surface area contributed by atoms with Gasteiger partial charge in [0.2, 0.25) is 5.16 Å². The normalized spacial score (nSPS) is 10.7. The molecule has 2 rings (SSSR count). The summed E-state index contributed by atoms with van der Waals surface area (Å²) in [6.45, 7) is 1.91. The number of thiol groups is 1. The molecule has 0 radical (unpaired) electrons. The van der Waals surface area contributed by atoms with Crippen molar-refractivity contribution < 1.29 is 0 Å². The molecule has 0 bridgehead atoms. The van der Waals surface area contributed by atoms with Crippen LogP contribution in [0.1, 0.15) is 5.69 Å². The van der Waals surface area contributed by atoms with Crippen LogP contribution in [-0.2, 0) is 0 Å². The quantitative estimate of drug-likeness (QED) is 0.586. The van der Waals surface area contributed by atoms with Gasteiger partial charge in [0, 0.05) is 11.9 Å². The zero-order chi connectivity index (χ0) is 7.84. The predicted octanol–water partition coefficient (Wildman–Crippen LogP) is 0.721. The number of nitrogens with zero attached hydrogens (tertiary/aromatic N) is 4. The standard InChI is InChI=1S/C6H6N4S/c1-4-2-3-10-5(7-4)8-6(11)9-10/h2-3H,1H3,(H,9,11). The van der Waals surface area contributed by atoms with Crippen LogP contribution in [0.4, 0.5) is 0 Å². The Balaban J connectivity index is 2.82. The lowest BCUT2D eigenvalue weighted by molar-refractivity contribution is 0.878. The highest BCUT2D eigenvalue weighted by molar-refractivity contribution is 7.80. The Bertz CT molecular complexity index is 394. The molecule has 0 aliphatic heterocycles. The van der Waals surface area contributed by atoms with Gasteiger partial charge in [0.25, 0.3) is 5.78 Å². The molecule has 2 heterocycles. The lowest BCUT2D eigenvalue weighted by Crippen LogP contribution is -1.90. The Morgan fingerprint density at radius 3 is 3.09 bits per heavy atom. The van der Waals surface area contributed by atoms with E-state index in [0.717, 1.165) is 5.69 Å². The molecule has 56 valence electrons. The molecule has 0 amide bonds. The Kier molecular flexibility index (Phi) is 1.32. The molecular weight excluding hydrogens is 160 g/mol. The smallest absolute Gasteiger partial charge is 0.216 e. The highest BCUT2D eigenvalue weighted by atomic mass is 32.1. The molecule has 0 aromatic carbocycles. The van der Waals surface area contributed by atoms with Gasteiger partial charge < -0.3 is 0 Å². The van der Waals surface area contributed by atoms with Crippen molar-refractivity contribution in [1.29, 1.82) is 0 Å². The van der Waals surface area contributed by atoms with Gasteiger partial charge in [0.05, 0.1) is 0 Å². The second-order valence-corrected chi connectivity index (χ2v) is 2.63. The maximum atomic E-state index is 4.14. The maximum Gasteiger partial charge on any atom is 0.253 e. The van der Waals surface area contributed by atoms with Crippen molar-refractivity contribution in [3.05, 3.63) is 18.0 Å². The van der Waals surface area contributed by atoms with E-state index in [4.69, 9.17) is 0 Å². The molecule has 2 aromatic heterocycles. The third kappa shape index (κ3) is 1.07. The number of hydrogen-bond donors (Lipinski definition) is 1. The Morgan fingerprint density at radius 1 is 1.45 bits per heavy atom. The number of fused-ring (bicyclic) bond motifs is 1. The molecule has 0 spiro atoms. The number of rotatable bonds is 0. The fourth-order valence-electron chi connectivity index (χ4n) is 0.854. The van der Waals surface area contributed by atoms with Gasteiger partial charge in [-0.15, -0.1) is 17.7 Å². The summed E-state index contributed by atoms with van der Waals surface area (Å²) in [6.07, 6.45) is 1.81. The zero-order valence-corrected chi connectivity index (χ0v) is 6.79. The second kappa shape index (κ2) is 2.20. The molecule has 0 unspecified atom stereocenters. The van der Waals surface area contributed by atoms with E-state index in [1.807, 2.05) is 19.2 Å². The van der Waals surface area contributed by atoms with Crippen molar-refractivity contribution >= 4 is 18.4 Å². The molecule has 4 nitrogen and oxygen atoms in total. The minimum absolute atomic E-state index is 0.447. The summed E-state index contributed by atoms with van der Waals surface area (Å²) in [6, 6.07) is 1.87. The van der Waals surface area contributed by atoms with Crippen LogP contribution in [0.3, 0.4) is 0 Å². The van der Waals surface area contributed by atoms with Crippen LogP contribution in [0.15, 0.2) is 17.4 Å². The summed E-state index contributed by atoms with van der Waals surface area (Å²) in [5.41, 5.74) is 0.929. The minimum Gasteiger partial charge on any atom is -0.216 e. The summed E-state index contributed by atoms with van der Waals surface area (Å²) in [5.74, 6) is 0.593. The Hall–Kier alpha value is -1.10. The highest BCUT2D eigenvalue weighted by Crippen LogP contribution is 2.01. The first kappa shape index (κ1) is 6.60. The fourth-order valence-corrected chi connectivity index (χ4v) is 1.04. The number of aryl methyl sites for hydroxylation is 1. The summed E-state index contributed by atoms with van der Waals surface area (Å²) in [5, 5.41) is 4.41. The first-order chi connectivity index (χ1) is 5.25. The molecule has 11 heavy (non-hydrogen) atoms. The molecule has 5 heteroatoms. The van der Waals surface area contributed by atoms with Crippen molar-refractivity contribution in [3.8, 4) is 0 Å². The summed E-state index contributed by atoms with van der Waals surface area (Å²) in [7, 11) is 0. The predicted molar refractivity (Wildman–Crippen MR) is 42.8 cm³/mol. The number of hydrogen-bond acceptors (Lipinski definition) is 4. The average Bonchev–Trinajstić information content (AvgIpc) is 2.27. The van der Waals surface area contributed by atoms with E-state index in [-0.39, 0.29) is 0 Å². The van der Waals surface area contributed by atoms with Crippen LogP contribution >= 0.6 is 12.6 Å². The topological polar surface area (TPSA) is 43.1 Å². The van der Waals surface area contributed by atoms with E-state index in [0.29, 0.717) is 10.9 Å². The van der Waals surface area contributed by atoms with E-state index >= 15 is 0 Å². The molecule has 0 aliphatic rings. The van der Waals surface area contributed by atoms with Gasteiger partial charge in [-0.1, -0.05) is 0 Å². The zero-order valence-electron chi connectivity index (χ0n) is 5.89. The van der Waals surface area contributed by atoms with Gasteiger partial charge in [-0.3, -0.25) is 0 Å². The van der Waals surface area contributed by atoms with Gasteiger partial charge in [-0.25, -0.2) is 9.50 Å². The van der Waals surface area contributed by atoms with Gasteiger partial charge in [-0.2, -0.15) is 4.98 Å². The van der Waals surface area contributed by atoms with Crippen molar-refractivity contribution in [2.45, 2.75) is 12.1 Å². The first-order valence-electron chi connectivity index (χ1n) is 3.15. The lowest BCUT2D eigenvalue weighted by atomic mass is 10.5. The fraction of sp³-hybridized carbons (Fsp3) is 0.167. The number of aromatic nitrogens is 4. The van der Waals surface area contributed by atoms with E-state index in [2.05, 4.69) is 27.7 Å². The SMILES string of the molecule is Cc1ccn2nc(S)nc2n1. The Labute approximate surface area is 68.7 Å². The van der Waals surface area contributed by atoms with Crippen LogP contribution in [0, 0.1) is 6.92 Å². The molecule has 0 saturated carbocycles. The van der Waals surface area contributed by atoms with Gasteiger partial charge >= 0.3 is 0 Å². The lowest BCUT2D eigenvalue weighted by Gasteiger charge is -1.89. The molecule has 0 N–H and O–H groups in total. The summed E-state index contributed by atoms with van der Waals surface area (Å²) >= 11 is 3.99. The van der Waals surface area contributed by atoms with Crippen LogP contribution in [0.5, 0.6) is 0 Å². The third-order valence-corrected chi connectivity index (χ3v) is 1.52. The van der Waals surface area contributed by atoms with E-state index < -0.39 is 0 Å². The third-order valence-electron chi connectivity index (χ3n) is 1.34. The molecule has 0 aliphatic carbocycles. The molecule has 0 saturated heterocycles. The Morgan fingerprint density at radius 2 is 2.27 bits per heavy atom. The van der Waals surface area contributed by atoms with E-state index in [1.54, 1.807) is 4.52 Å². The van der Waals surface area contributed by atoms with E-state index in [9.17, 15) is 0 Å². The summed E-state index contributed by atoms with van der Waals surface area (Å²) < 4.78 is 1.59. The van der Waals surface area contributed by atoms with Crippen LogP contribution in [0.25, 0.3) is 5.78 Å². The van der Waals surface area contributed by atoms with Gasteiger partial charge in [0.1, 0.15) is 0 Å². The van der Waals surface area contributed by atoms with Crippen LogP contribution in [0.2, 0.25) is 0 Å². The van der Waals surface area contributed by atoms with Crippen molar-refractivity contribution in [2.75, 3.05) is 0 Å². The summed E-state index contributed by atoms with van der Waals surface area (Å²) in [4.78, 5) is 8.12. The average molecular weight is 166 g/mol. The van der Waals surface area contributed by atoms with Crippen LogP contribution < -0.4 is 0 Å². The largest absolute Gasteiger partial charge is 0.253 e. The molecule has 0 fully saturated rings. The molecule has 2 aromatic rings. The van der Waals surface area contributed by atoms with Crippen LogP contribution in [-0.4, -0.2) is 19.6 Å².